The van der Waals surface area contributed by atoms with Gasteiger partial charge in [0.1, 0.15) is 13.2 Å². The van der Waals surface area contributed by atoms with Crippen molar-refractivity contribution in [2.24, 2.45) is 0 Å². The third-order valence-corrected chi connectivity index (χ3v) is 12.1. The second kappa shape index (κ2) is 52.3. The summed E-state index contributed by atoms with van der Waals surface area (Å²) in [7, 11) is 0. The molecule has 0 radical (unpaired) electrons. The third-order valence-electron chi connectivity index (χ3n) is 12.1. The zero-order chi connectivity index (χ0) is 45.8. The van der Waals surface area contributed by atoms with Crippen molar-refractivity contribution in [3.8, 4) is 0 Å². The molecule has 1 unspecified atom stereocenters. The summed E-state index contributed by atoms with van der Waals surface area (Å²) in [6.45, 7) is 6.62. The van der Waals surface area contributed by atoms with E-state index in [0.29, 0.717) is 19.3 Å². The normalized spacial score (nSPS) is 12.2. The number of rotatable bonds is 50. The molecule has 0 aromatic carbocycles. The maximum absolute atomic E-state index is 12.8. The number of hydrogen-bond donors (Lipinski definition) is 0. The minimum Gasteiger partial charge on any atom is -0.462 e. The van der Waals surface area contributed by atoms with Crippen molar-refractivity contribution < 1.29 is 28.6 Å². The van der Waals surface area contributed by atoms with Gasteiger partial charge in [-0.15, -0.1) is 0 Å². The molecule has 0 aromatic rings. The van der Waals surface area contributed by atoms with Crippen LogP contribution in [0.4, 0.5) is 0 Å². The predicted molar refractivity (Wildman–Crippen MR) is 270 cm³/mol. The summed E-state index contributed by atoms with van der Waals surface area (Å²) in [5.41, 5.74) is 0. The van der Waals surface area contributed by atoms with E-state index in [1.807, 2.05) is 0 Å². The fourth-order valence-electron chi connectivity index (χ4n) is 7.94. The highest BCUT2D eigenvalue weighted by molar-refractivity contribution is 5.71. The average Bonchev–Trinajstić information content (AvgIpc) is 3.28. The zero-order valence-electron chi connectivity index (χ0n) is 42.1. The van der Waals surface area contributed by atoms with Crippen LogP contribution in [-0.2, 0) is 28.6 Å². The number of carbonyl (C=O) groups excluding carboxylic acids is 3. The molecule has 6 heteroatoms. The van der Waals surface area contributed by atoms with Crippen LogP contribution in [0.1, 0.15) is 290 Å². The first kappa shape index (κ1) is 60.6. The zero-order valence-corrected chi connectivity index (χ0v) is 42.1. The Morgan fingerprint density at radius 2 is 0.571 bits per heavy atom. The summed E-state index contributed by atoms with van der Waals surface area (Å²) in [5, 5.41) is 0. The lowest BCUT2D eigenvalue weighted by molar-refractivity contribution is -0.167. The first-order chi connectivity index (χ1) is 31.0. The van der Waals surface area contributed by atoms with Gasteiger partial charge in [-0.25, -0.2) is 0 Å². The quantitative estimate of drug-likeness (QED) is 0.0262. The van der Waals surface area contributed by atoms with Crippen LogP contribution < -0.4 is 0 Å². The van der Waals surface area contributed by atoms with E-state index in [9.17, 15) is 14.4 Å². The maximum Gasteiger partial charge on any atom is 0.306 e. The second-order valence-corrected chi connectivity index (χ2v) is 18.5. The van der Waals surface area contributed by atoms with Crippen LogP contribution in [0, 0.1) is 0 Å². The Morgan fingerprint density at radius 3 is 0.905 bits per heavy atom. The Morgan fingerprint density at radius 1 is 0.317 bits per heavy atom. The highest BCUT2D eigenvalue weighted by Gasteiger charge is 2.19. The SMILES string of the molecule is CCCCCC/C=C\C/C=C\CCCCCCCCCC(=O)OCC(COC(=O)CCCCCCCCCCCC)OC(=O)CCCCCCCCC/C=C\CCCCCCCC. The van der Waals surface area contributed by atoms with E-state index in [1.165, 1.54) is 180 Å². The van der Waals surface area contributed by atoms with Crippen molar-refractivity contribution in [1.82, 2.24) is 0 Å². The molecule has 0 N–H and O–H groups in total. The summed E-state index contributed by atoms with van der Waals surface area (Å²) in [6, 6.07) is 0. The van der Waals surface area contributed by atoms with E-state index >= 15 is 0 Å². The number of unbranched alkanes of at least 4 members (excludes halogenated alkanes) is 33. The van der Waals surface area contributed by atoms with Gasteiger partial charge in [-0.05, 0) is 77.0 Å². The highest BCUT2D eigenvalue weighted by Crippen LogP contribution is 2.15. The monoisotopic (exact) mass is 885 g/mol. The van der Waals surface area contributed by atoms with E-state index in [-0.39, 0.29) is 31.1 Å². The summed E-state index contributed by atoms with van der Waals surface area (Å²) < 4.78 is 16.8. The fourth-order valence-corrected chi connectivity index (χ4v) is 7.94. The van der Waals surface area contributed by atoms with Gasteiger partial charge >= 0.3 is 17.9 Å². The van der Waals surface area contributed by atoms with Gasteiger partial charge in [-0.3, -0.25) is 14.4 Å². The van der Waals surface area contributed by atoms with E-state index in [4.69, 9.17) is 14.2 Å². The molecule has 0 saturated heterocycles. The summed E-state index contributed by atoms with van der Waals surface area (Å²) in [6.07, 6.45) is 61.3. The first-order valence-electron chi connectivity index (χ1n) is 27.5. The number of carbonyl (C=O) groups is 3. The van der Waals surface area contributed by atoms with Crippen LogP contribution in [0.3, 0.4) is 0 Å². The van der Waals surface area contributed by atoms with Gasteiger partial charge in [0.25, 0.3) is 0 Å². The lowest BCUT2D eigenvalue weighted by Crippen LogP contribution is -2.30. The van der Waals surface area contributed by atoms with Gasteiger partial charge in [0.15, 0.2) is 6.10 Å². The lowest BCUT2D eigenvalue weighted by Gasteiger charge is -2.18. The molecule has 63 heavy (non-hydrogen) atoms. The average molecular weight is 885 g/mol. The van der Waals surface area contributed by atoms with Crippen LogP contribution >= 0.6 is 0 Å². The molecule has 0 heterocycles. The molecule has 0 rings (SSSR count). The topological polar surface area (TPSA) is 78.9 Å². The molecule has 0 aliphatic heterocycles. The Balaban J connectivity index is 4.32. The van der Waals surface area contributed by atoms with Gasteiger partial charge in [-0.1, -0.05) is 231 Å². The minimum absolute atomic E-state index is 0.0735. The fraction of sp³-hybridized carbons (Fsp3) is 0.842. The largest absolute Gasteiger partial charge is 0.462 e. The standard InChI is InChI=1S/C57H104O6/c1-4-7-10-13-16-19-22-24-26-28-30-31-33-35-38-41-44-47-50-56(59)62-53-54(52-61-55(58)49-46-43-40-37-21-18-15-12-9-6-3)63-57(60)51-48-45-42-39-36-34-32-29-27-25-23-20-17-14-11-8-5-2/h19,22,25-28,54H,4-18,20-21,23-24,29-53H2,1-3H3/b22-19-,27-25-,28-26-. The molecule has 0 bridgehead atoms. The Hall–Kier alpha value is -2.37. The minimum atomic E-state index is -0.774. The molecule has 368 valence electrons. The summed E-state index contributed by atoms with van der Waals surface area (Å²) >= 11 is 0. The van der Waals surface area contributed by atoms with Crippen molar-refractivity contribution in [3.63, 3.8) is 0 Å². The van der Waals surface area contributed by atoms with Gasteiger partial charge in [-0.2, -0.15) is 0 Å². The molecule has 6 nitrogen and oxygen atoms in total. The van der Waals surface area contributed by atoms with Crippen molar-refractivity contribution in [2.75, 3.05) is 13.2 Å². The Labute approximate surface area is 391 Å². The Bertz CT molecular complexity index is 1060. The summed E-state index contributed by atoms with van der Waals surface area (Å²) in [5.74, 6) is -0.875. The van der Waals surface area contributed by atoms with Gasteiger partial charge in [0.05, 0.1) is 0 Å². The van der Waals surface area contributed by atoms with Gasteiger partial charge in [0, 0.05) is 19.3 Å². The van der Waals surface area contributed by atoms with E-state index in [0.717, 1.165) is 70.6 Å². The molecule has 0 spiro atoms. The van der Waals surface area contributed by atoms with Crippen LogP contribution in [0.2, 0.25) is 0 Å². The number of esters is 3. The van der Waals surface area contributed by atoms with E-state index < -0.39 is 6.10 Å². The van der Waals surface area contributed by atoms with Crippen LogP contribution in [0.25, 0.3) is 0 Å². The predicted octanol–water partition coefficient (Wildman–Crippen LogP) is 18.1. The van der Waals surface area contributed by atoms with Crippen LogP contribution in [0.5, 0.6) is 0 Å². The van der Waals surface area contributed by atoms with Crippen molar-refractivity contribution in [3.05, 3.63) is 36.5 Å². The van der Waals surface area contributed by atoms with Crippen molar-refractivity contribution in [2.45, 2.75) is 297 Å². The summed E-state index contributed by atoms with van der Waals surface area (Å²) in [4.78, 5) is 38.0. The molecule has 0 amide bonds. The molecule has 0 aromatic heterocycles. The molecular weight excluding hydrogens is 781 g/mol. The van der Waals surface area contributed by atoms with E-state index in [2.05, 4.69) is 57.2 Å². The molecule has 0 saturated carbocycles. The number of ether oxygens (including phenoxy) is 3. The molecular formula is C57H104O6. The number of hydrogen-bond acceptors (Lipinski definition) is 6. The molecule has 0 fully saturated rings. The van der Waals surface area contributed by atoms with Gasteiger partial charge in [0.2, 0.25) is 0 Å². The van der Waals surface area contributed by atoms with Crippen molar-refractivity contribution >= 4 is 17.9 Å². The van der Waals surface area contributed by atoms with E-state index in [1.54, 1.807) is 0 Å². The molecule has 1 atom stereocenters. The first-order valence-corrected chi connectivity index (χ1v) is 27.5. The Kier molecular flexibility index (Phi) is 50.3. The van der Waals surface area contributed by atoms with Crippen molar-refractivity contribution in [1.29, 1.82) is 0 Å². The smallest absolute Gasteiger partial charge is 0.306 e. The number of allylic oxidation sites excluding steroid dienone is 6. The lowest BCUT2D eigenvalue weighted by atomic mass is 10.1. The second-order valence-electron chi connectivity index (χ2n) is 18.5. The van der Waals surface area contributed by atoms with Gasteiger partial charge < -0.3 is 14.2 Å². The molecule has 0 aliphatic carbocycles. The van der Waals surface area contributed by atoms with Crippen LogP contribution in [-0.4, -0.2) is 37.2 Å². The van der Waals surface area contributed by atoms with Crippen LogP contribution in [0.15, 0.2) is 36.5 Å². The third kappa shape index (κ3) is 50.5. The highest BCUT2D eigenvalue weighted by atomic mass is 16.6. The molecule has 0 aliphatic rings. The maximum atomic E-state index is 12.8.